The monoisotopic (exact) mass is 495 g/mol. The topological polar surface area (TPSA) is 49.3 Å². The molecule has 2 saturated carbocycles. The minimum absolute atomic E-state index is 0.0975. The van der Waals surface area contributed by atoms with Crippen LogP contribution in [0, 0.1) is 11.8 Å². The highest BCUT2D eigenvalue weighted by Gasteiger charge is 2.73. The van der Waals surface area contributed by atoms with Gasteiger partial charge in [-0.15, -0.1) is 0 Å². The summed E-state index contributed by atoms with van der Waals surface area (Å²) in [6.07, 6.45) is -6.46. The van der Waals surface area contributed by atoms with Crippen LogP contribution in [0.15, 0.2) is 18.2 Å². The van der Waals surface area contributed by atoms with Crippen LogP contribution in [-0.2, 0) is 16.9 Å². The summed E-state index contributed by atoms with van der Waals surface area (Å²) >= 11 is 0. The molecular weight excluding hydrogens is 467 g/mol. The van der Waals surface area contributed by atoms with Crippen molar-refractivity contribution < 1.29 is 40.6 Å². The molecule has 1 amide bonds. The molecule has 10 heteroatoms. The van der Waals surface area contributed by atoms with Crippen molar-refractivity contribution in [2.75, 3.05) is 6.54 Å². The van der Waals surface area contributed by atoms with E-state index in [0.717, 1.165) is 19.3 Å². The number of amides is 1. The van der Waals surface area contributed by atoms with Crippen molar-refractivity contribution in [1.82, 2.24) is 5.32 Å². The lowest BCUT2D eigenvalue weighted by Crippen LogP contribution is -2.50. The molecule has 4 rings (SSSR count). The smallest absolute Gasteiger partial charge is 0.388 e. The SMILES string of the molecule is O=C(NCC1(O)CCCCC1)[C@@H]1CC[C@H]2c3ccc(C(F)(C(F)(F)F)C(F)(F)F)cc3CC[C@@H]12. The zero-order valence-corrected chi connectivity index (χ0v) is 18.5. The van der Waals surface area contributed by atoms with Crippen molar-refractivity contribution in [1.29, 1.82) is 0 Å². The molecule has 0 aromatic heterocycles. The van der Waals surface area contributed by atoms with Crippen LogP contribution in [0.2, 0.25) is 0 Å². The first-order valence-corrected chi connectivity index (χ1v) is 11.7. The van der Waals surface area contributed by atoms with E-state index >= 15 is 0 Å². The number of nitrogens with one attached hydrogen (secondary N) is 1. The Morgan fingerprint density at radius 2 is 1.62 bits per heavy atom. The second kappa shape index (κ2) is 8.68. The number of alkyl halides is 7. The number of carbonyl (C=O) groups excluding carboxylic acids is 1. The molecule has 3 aliphatic carbocycles. The lowest BCUT2D eigenvalue weighted by molar-refractivity contribution is -0.348. The quantitative estimate of drug-likeness (QED) is 0.516. The molecular formula is C24H28F7NO2. The number of aryl methyl sites for hydroxylation is 1. The zero-order valence-electron chi connectivity index (χ0n) is 18.5. The average Bonchev–Trinajstić information content (AvgIpc) is 3.20. The van der Waals surface area contributed by atoms with Crippen LogP contribution >= 0.6 is 0 Å². The van der Waals surface area contributed by atoms with E-state index in [0.29, 0.717) is 49.8 Å². The molecule has 0 saturated heterocycles. The van der Waals surface area contributed by atoms with Crippen molar-refractivity contribution in [3.63, 3.8) is 0 Å². The van der Waals surface area contributed by atoms with Gasteiger partial charge in [0.05, 0.1) is 5.60 Å². The predicted octanol–water partition coefficient (Wildman–Crippen LogP) is 5.84. The Kier molecular flexibility index (Phi) is 6.44. The van der Waals surface area contributed by atoms with Gasteiger partial charge in [-0.3, -0.25) is 4.79 Å². The number of halogens is 7. The van der Waals surface area contributed by atoms with Crippen molar-refractivity contribution in [3.05, 3.63) is 34.9 Å². The molecule has 2 fully saturated rings. The van der Waals surface area contributed by atoms with Gasteiger partial charge < -0.3 is 10.4 Å². The maximum atomic E-state index is 14.5. The average molecular weight is 495 g/mol. The zero-order chi connectivity index (χ0) is 24.9. The normalized spacial score (nSPS) is 27.1. The fourth-order valence-electron chi connectivity index (χ4n) is 6.16. The van der Waals surface area contributed by atoms with Crippen LogP contribution < -0.4 is 5.32 Å². The molecule has 0 bridgehead atoms. The highest BCUT2D eigenvalue weighted by Crippen LogP contribution is 2.55. The molecule has 3 atom stereocenters. The third-order valence-corrected chi connectivity index (χ3v) is 8.00. The summed E-state index contributed by atoms with van der Waals surface area (Å²) in [6, 6.07) is 2.44. The number of fused-ring (bicyclic) bond motifs is 3. The molecule has 34 heavy (non-hydrogen) atoms. The molecule has 1 aromatic rings. The van der Waals surface area contributed by atoms with Gasteiger partial charge in [-0.1, -0.05) is 37.5 Å². The van der Waals surface area contributed by atoms with E-state index in [1.165, 1.54) is 6.07 Å². The van der Waals surface area contributed by atoms with Crippen LogP contribution in [0.25, 0.3) is 0 Å². The van der Waals surface area contributed by atoms with Gasteiger partial charge >= 0.3 is 18.0 Å². The van der Waals surface area contributed by atoms with E-state index in [4.69, 9.17) is 0 Å². The Labute approximate surface area is 193 Å². The molecule has 3 nitrogen and oxygen atoms in total. The lowest BCUT2D eigenvalue weighted by atomic mass is 9.73. The molecule has 0 spiro atoms. The number of rotatable bonds is 4. The van der Waals surface area contributed by atoms with Gasteiger partial charge in [0.25, 0.3) is 0 Å². The Bertz CT molecular complexity index is 907. The molecule has 0 aliphatic heterocycles. The van der Waals surface area contributed by atoms with Gasteiger partial charge in [0.1, 0.15) is 0 Å². The van der Waals surface area contributed by atoms with E-state index in [1.54, 1.807) is 0 Å². The van der Waals surface area contributed by atoms with E-state index < -0.39 is 29.2 Å². The van der Waals surface area contributed by atoms with Crippen LogP contribution in [0.4, 0.5) is 30.7 Å². The number of benzene rings is 1. The Morgan fingerprint density at radius 1 is 0.971 bits per heavy atom. The summed E-state index contributed by atoms with van der Waals surface area (Å²) in [4.78, 5) is 12.9. The van der Waals surface area contributed by atoms with Gasteiger partial charge in [0, 0.05) is 18.0 Å². The standard InChI is InChI=1S/C24H28F7NO2/c25-22(23(26,27)28,24(29,30)31)15-5-7-16-14(12-15)4-6-18-17(16)8-9-19(18)20(33)32-13-21(34)10-2-1-3-11-21/h5,7,12,17-19,34H,1-4,6,8-11,13H2,(H,32,33)/t17-,18+,19+/m0/s1. The molecule has 0 unspecified atom stereocenters. The minimum Gasteiger partial charge on any atom is -0.388 e. The van der Waals surface area contributed by atoms with E-state index in [2.05, 4.69) is 5.32 Å². The van der Waals surface area contributed by atoms with E-state index in [9.17, 15) is 40.6 Å². The van der Waals surface area contributed by atoms with Gasteiger partial charge in [-0.25, -0.2) is 4.39 Å². The van der Waals surface area contributed by atoms with Crippen molar-refractivity contribution >= 4 is 5.91 Å². The third kappa shape index (κ3) is 4.31. The molecule has 0 heterocycles. The van der Waals surface area contributed by atoms with Gasteiger partial charge in [0.2, 0.25) is 5.91 Å². The largest absolute Gasteiger partial charge is 0.435 e. The fourth-order valence-corrected chi connectivity index (χ4v) is 6.16. The Morgan fingerprint density at radius 3 is 2.24 bits per heavy atom. The summed E-state index contributed by atoms with van der Waals surface area (Å²) in [5.41, 5.74) is -6.95. The highest BCUT2D eigenvalue weighted by molar-refractivity contribution is 5.79. The van der Waals surface area contributed by atoms with E-state index in [1.807, 2.05) is 0 Å². The second-order valence-corrected chi connectivity index (χ2v) is 10.1. The maximum Gasteiger partial charge on any atom is 0.435 e. The summed E-state index contributed by atoms with van der Waals surface area (Å²) in [6.45, 7) is 0.174. The molecule has 3 aliphatic rings. The first kappa shape index (κ1) is 25.3. The molecule has 1 aromatic carbocycles. The summed E-state index contributed by atoms with van der Waals surface area (Å²) in [7, 11) is 0. The number of carbonyl (C=O) groups is 1. The van der Waals surface area contributed by atoms with Crippen LogP contribution in [0.5, 0.6) is 0 Å². The second-order valence-electron chi connectivity index (χ2n) is 10.1. The molecule has 0 radical (unpaired) electrons. The summed E-state index contributed by atoms with van der Waals surface area (Å²) in [5, 5.41) is 13.5. The summed E-state index contributed by atoms with van der Waals surface area (Å²) in [5.74, 6) is -0.795. The fraction of sp³-hybridized carbons (Fsp3) is 0.708. The minimum atomic E-state index is -6.14. The Balaban J connectivity index is 1.50. The third-order valence-electron chi connectivity index (χ3n) is 8.00. The first-order chi connectivity index (χ1) is 15.8. The van der Waals surface area contributed by atoms with Crippen LogP contribution in [0.1, 0.15) is 74.0 Å². The highest BCUT2D eigenvalue weighted by atomic mass is 19.4. The van der Waals surface area contributed by atoms with Gasteiger partial charge in [-0.2, -0.15) is 26.3 Å². The summed E-state index contributed by atoms with van der Waals surface area (Å²) < 4.78 is 93.4. The Hall–Kier alpha value is -1.84. The van der Waals surface area contributed by atoms with Gasteiger partial charge in [-0.05, 0) is 61.5 Å². The number of hydrogen-bond acceptors (Lipinski definition) is 2. The van der Waals surface area contributed by atoms with E-state index in [-0.39, 0.29) is 42.2 Å². The predicted molar refractivity (Wildman–Crippen MR) is 110 cm³/mol. The number of aliphatic hydroxyl groups is 1. The maximum absolute atomic E-state index is 14.5. The van der Waals surface area contributed by atoms with Crippen molar-refractivity contribution in [3.8, 4) is 0 Å². The van der Waals surface area contributed by atoms with Gasteiger partial charge in [0.15, 0.2) is 0 Å². The molecule has 2 N–H and O–H groups in total. The van der Waals surface area contributed by atoms with Crippen LogP contribution in [0.3, 0.4) is 0 Å². The van der Waals surface area contributed by atoms with Crippen molar-refractivity contribution in [2.45, 2.75) is 87.3 Å². The lowest BCUT2D eigenvalue weighted by Gasteiger charge is -2.35. The first-order valence-electron chi connectivity index (χ1n) is 11.7. The van der Waals surface area contributed by atoms with Crippen molar-refractivity contribution in [2.24, 2.45) is 11.8 Å². The molecule has 190 valence electrons. The van der Waals surface area contributed by atoms with Crippen LogP contribution in [-0.4, -0.2) is 35.5 Å². The number of hydrogen-bond donors (Lipinski definition) is 2.